The van der Waals surface area contributed by atoms with Gasteiger partial charge in [-0.05, 0) is 96.4 Å². The predicted octanol–water partition coefficient (Wildman–Crippen LogP) is 7.28. The number of carbonyl (C=O) groups is 2. The van der Waals surface area contributed by atoms with E-state index in [1.807, 2.05) is 24.3 Å². The fraction of sp³-hybridized carbons (Fsp3) is 0.455. The minimum Gasteiger partial charge on any atom is -0.383 e. The van der Waals surface area contributed by atoms with Crippen LogP contribution in [0.4, 0.5) is 22.0 Å². The van der Waals surface area contributed by atoms with E-state index in [-0.39, 0.29) is 24.5 Å². The van der Waals surface area contributed by atoms with Crippen LogP contribution in [0.1, 0.15) is 73.7 Å². The molecule has 5 atom stereocenters. The fourth-order valence-corrected chi connectivity index (χ4v) is 8.45. The molecule has 6 rings (SSSR count). The first-order valence-electron chi connectivity index (χ1n) is 14.3. The summed E-state index contributed by atoms with van der Waals surface area (Å²) >= 11 is 0. The Hall–Kier alpha value is -3.33. The lowest BCUT2D eigenvalue weighted by molar-refractivity contribution is -0.362. The molecule has 42 heavy (non-hydrogen) atoms. The first-order valence-corrected chi connectivity index (χ1v) is 14.3. The monoisotopic (exact) mass is 585 g/mol. The van der Waals surface area contributed by atoms with Crippen LogP contribution < -0.4 is 5.73 Å². The van der Waals surface area contributed by atoms with Gasteiger partial charge >= 0.3 is 12.1 Å². The van der Waals surface area contributed by atoms with Crippen molar-refractivity contribution in [3.8, 4) is 11.1 Å². The van der Waals surface area contributed by atoms with Crippen molar-refractivity contribution in [2.45, 2.75) is 75.5 Å². The molecule has 222 valence electrons. The molecule has 4 aliphatic carbocycles. The van der Waals surface area contributed by atoms with Crippen LogP contribution in [-0.2, 0) is 4.79 Å². The van der Waals surface area contributed by atoms with Gasteiger partial charge < -0.3 is 10.8 Å². The second kappa shape index (κ2) is 9.59. The minimum absolute atomic E-state index is 0.0387. The van der Waals surface area contributed by atoms with Crippen molar-refractivity contribution in [3.63, 3.8) is 0 Å². The maximum Gasteiger partial charge on any atom is 0.456 e. The Morgan fingerprint density at radius 2 is 1.55 bits per heavy atom. The maximum atomic E-state index is 15.2. The van der Waals surface area contributed by atoms with E-state index in [0.29, 0.717) is 31.2 Å². The Kier molecular flexibility index (Phi) is 6.57. The molecule has 4 nitrogen and oxygen atoms in total. The summed E-state index contributed by atoms with van der Waals surface area (Å²) in [5.41, 5.74) is 6.19. The van der Waals surface area contributed by atoms with E-state index >= 15 is 8.78 Å². The lowest BCUT2D eigenvalue weighted by Gasteiger charge is -2.56. The molecule has 0 heterocycles. The Balaban J connectivity index is 1.46. The summed E-state index contributed by atoms with van der Waals surface area (Å²) in [5, 5.41) is 11.4. The van der Waals surface area contributed by atoms with Crippen LogP contribution in [0.25, 0.3) is 11.1 Å². The number of aliphatic hydroxyl groups is 1. The number of halogens is 5. The first kappa shape index (κ1) is 28.8. The first-order chi connectivity index (χ1) is 19.7. The normalized spacial score (nSPS) is 31.3. The molecule has 4 aliphatic rings. The van der Waals surface area contributed by atoms with Gasteiger partial charge in [0.05, 0.1) is 0 Å². The van der Waals surface area contributed by atoms with E-state index < -0.39 is 47.3 Å². The lowest BCUT2D eigenvalue weighted by atomic mass is 9.50. The highest BCUT2D eigenvalue weighted by Crippen LogP contribution is 2.70. The Morgan fingerprint density at radius 3 is 2.14 bits per heavy atom. The quantitative estimate of drug-likeness (QED) is 0.370. The van der Waals surface area contributed by atoms with E-state index in [1.165, 1.54) is 6.92 Å². The van der Waals surface area contributed by atoms with Crippen LogP contribution in [0.5, 0.6) is 0 Å². The number of carbonyl (C=O) groups excluding carboxylic acids is 2. The summed E-state index contributed by atoms with van der Waals surface area (Å²) in [6.45, 7) is 1.42. The van der Waals surface area contributed by atoms with Gasteiger partial charge in [-0.25, -0.2) is 0 Å². The molecule has 0 spiro atoms. The predicted molar refractivity (Wildman–Crippen MR) is 147 cm³/mol. The van der Waals surface area contributed by atoms with Crippen molar-refractivity contribution in [1.29, 1.82) is 0 Å². The third-order valence-corrected chi connectivity index (χ3v) is 10.6. The molecule has 2 saturated carbocycles. The zero-order valence-corrected chi connectivity index (χ0v) is 23.1. The van der Waals surface area contributed by atoms with Gasteiger partial charge in [0.25, 0.3) is 0 Å². The number of ketones is 1. The van der Waals surface area contributed by atoms with Gasteiger partial charge in [0, 0.05) is 23.3 Å². The third kappa shape index (κ3) is 4.10. The number of rotatable bonds is 4. The number of fused-ring (bicyclic) bond motifs is 4. The molecular formula is C33H32F5NO3. The van der Waals surface area contributed by atoms with Gasteiger partial charge in [0.2, 0.25) is 5.91 Å². The van der Waals surface area contributed by atoms with Crippen LogP contribution in [0.15, 0.2) is 71.3 Å². The van der Waals surface area contributed by atoms with Gasteiger partial charge in [-0.2, -0.15) is 22.0 Å². The summed E-state index contributed by atoms with van der Waals surface area (Å²) in [6.07, 6.45) is -2.90. The van der Waals surface area contributed by atoms with Gasteiger partial charge in [-0.3, -0.25) is 9.59 Å². The van der Waals surface area contributed by atoms with Gasteiger partial charge in [0.1, 0.15) is 5.60 Å². The Morgan fingerprint density at radius 1 is 0.929 bits per heavy atom. The summed E-state index contributed by atoms with van der Waals surface area (Å²) in [4.78, 5) is 23.7. The van der Waals surface area contributed by atoms with Gasteiger partial charge in [-0.1, -0.05) is 48.9 Å². The average molecular weight is 586 g/mol. The molecule has 0 bridgehead atoms. The number of benzene rings is 2. The molecule has 2 fully saturated rings. The molecule has 0 radical (unpaired) electrons. The van der Waals surface area contributed by atoms with Gasteiger partial charge in [0.15, 0.2) is 5.78 Å². The summed E-state index contributed by atoms with van der Waals surface area (Å²) in [7, 11) is 0. The number of amides is 1. The van der Waals surface area contributed by atoms with Crippen molar-refractivity contribution in [2.24, 2.45) is 23.0 Å². The van der Waals surface area contributed by atoms with E-state index in [2.05, 4.69) is 0 Å². The number of nitrogens with two attached hydrogens (primary N) is 1. The molecule has 9 heteroatoms. The molecule has 3 N–H and O–H groups in total. The number of alkyl halides is 5. The van der Waals surface area contributed by atoms with Crippen molar-refractivity contribution in [3.05, 3.63) is 82.5 Å². The summed E-state index contributed by atoms with van der Waals surface area (Å²) < 4.78 is 71.6. The smallest absolute Gasteiger partial charge is 0.383 e. The van der Waals surface area contributed by atoms with Gasteiger partial charge in [-0.15, -0.1) is 0 Å². The Bertz CT molecular complexity index is 1510. The van der Waals surface area contributed by atoms with Crippen molar-refractivity contribution < 1.29 is 36.6 Å². The number of hydrogen-bond donors (Lipinski definition) is 2. The average Bonchev–Trinajstić information content (AvgIpc) is 3.23. The molecule has 0 aliphatic heterocycles. The van der Waals surface area contributed by atoms with Crippen molar-refractivity contribution in [2.75, 3.05) is 0 Å². The second-order valence-corrected chi connectivity index (χ2v) is 12.5. The van der Waals surface area contributed by atoms with E-state index in [1.54, 1.807) is 30.3 Å². The zero-order chi connectivity index (χ0) is 30.2. The molecule has 2 aromatic rings. The molecule has 0 unspecified atom stereocenters. The standard InChI is InChI=1S/C33H32F5NO3/c1-30-17-26(20-6-2-18(3-7-20)19-4-8-21(9-5-19)29(39)41)28-24-13-11-23(40)16-22(24)10-12-25(28)27(30)14-15-31(30,42)32(34,35)33(36,37)38/h2-9,16,25-27,42H,10-15,17H2,1H3,(H2,39,41)/t25-,26+,27-,30-,31-/m0/s1. The SMILES string of the molecule is C[C@]12C[C@H](c3ccc(-c4ccc(C(N)=O)cc4)cc3)C3=C4CCC(=O)C=C4CC[C@H]3[C@@H]1CC[C@@]2(O)C(F)(F)C(F)(F)F. The highest BCUT2D eigenvalue weighted by molar-refractivity contribution is 5.93. The lowest BCUT2D eigenvalue weighted by Crippen LogP contribution is -2.65. The van der Waals surface area contributed by atoms with Crippen molar-refractivity contribution in [1.82, 2.24) is 0 Å². The number of primary amides is 1. The second-order valence-electron chi connectivity index (χ2n) is 12.5. The molecule has 0 saturated heterocycles. The van der Waals surface area contributed by atoms with E-state index in [4.69, 9.17) is 5.73 Å². The topological polar surface area (TPSA) is 80.4 Å². The third-order valence-electron chi connectivity index (χ3n) is 10.6. The van der Waals surface area contributed by atoms with Crippen LogP contribution in [0.2, 0.25) is 0 Å². The van der Waals surface area contributed by atoms with Crippen LogP contribution in [-0.4, -0.2) is 34.5 Å². The van der Waals surface area contributed by atoms with E-state index in [0.717, 1.165) is 33.4 Å². The highest BCUT2D eigenvalue weighted by atomic mass is 19.4. The van der Waals surface area contributed by atoms with Crippen LogP contribution >= 0.6 is 0 Å². The molecule has 2 aromatic carbocycles. The van der Waals surface area contributed by atoms with Crippen LogP contribution in [0, 0.1) is 17.3 Å². The summed E-state index contributed by atoms with van der Waals surface area (Å²) in [5.74, 6) is -7.08. The summed E-state index contributed by atoms with van der Waals surface area (Å²) in [6, 6.07) is 14.2. The number of allylic oxidation sites excluding steroid dienone is 4. The number of hydrogen-bond acceptors (Lipinski definition) is 3. The largest absolute Gasteiger partial charge is 0.456 e. The zero-order valence-electron chi connectivity index (χ0n) is 23.1. The molecule has 0 aromatic heterocycles. The van der Waals surface area contributed by atoms with E-state index in [9.17, 15) is 27.9 Å². The van der Waals surface area contributed by atoms with Crippen LogP contribution in [0.3, 0.4) is 0 Å². The molecule has 1 amide bonds. The maximum absolute atomic E-state index is 15.2. The Labute approximate surface area is 240 Å². The fourth-order valence-electron chi connectivity index (χ4n) is 8.45. The van der Waals surface area contributed by atoms with Crippen molar-refractivity contribution >= 4 is 11.7 Å². The molecular weight excluding hydrogens is 553 g/mol. The minimum atomic E-state index is -5.88. The highest BCUT2D eigenvalue weighted by Gasteiger charge is 2.79.